The van der Waals surface area contributed by atoms with Crippen molar-refractivity contribution < 1.29 is 0 Å². The van der Waals surface area contributed by atoms with E-state index in [2.05, 4.69) is 52.8 Å². The zero-order chi connectivity index (χ0) is 11.7. The van der Waals surface area contributed by atoms with E-state index in [1.165, 1.54) is 16.7 Å². The fraction of sp³-hybridized carbons (Fsp3) is 0.286. The summed E-state index contributed by atoms with van der Waals surface area (Å²) < 4.78 is 0. The van der Waals surface area contributed by atoms with E-state index in [0.29, 0.717) is 0 Å². The van der Waals surface area contributed by atoms with E-state index in [1.807, 2.05) is 0 Å². The van der Waals surface area contributed by atoms with Crippen molar-refractivity contribution >= 4 is 5.82 Å². The molecule has 0 saturated heterocycles. The van der Waals surface area contributed by atoms with Crippen LogP contribution >= 0.6 is 0 Å². The molecule has 1 aliphatic carbocycles. The molecular weight excluding hydrogens is 210 g/mol. The number of nitrogens with zero attached hydrogens (tertiary/aromatic N) is 2. The van der Waals surface area contributed by atoms with Crippen LogP contribution in [0, 0.1) is 0 Å². The lowest BCUT2D eigenvalue weighted by Crippen LogP contribution is -2.09. The highest BCUT2D eigenvalue weighted by atomic mass is 15.2. The summed E-state index contributed by atoms with van der Waals surface area (Å²) in [4.78, 5) is 0. The molecule has 0 amide bonds. The second-order valence-corrected chi connectivity index (χ2v) is 4.29. The third-order valence-electron chi connectivity index (χ3n) is 3.17. The zero-order valence-corrected chi connectivity index (χ0v) is 9.90. The molecule has 3 heteroatoms. The van der Waals surface area contributed by atoms with Crippen molar-refractivity contribution in [3.8, 4) is 11.3 Å². The Morgan fingerprint density at radius 1 is 1.12 bits per heavy atom. The summed E-state index contributed by atoms with van der Waals surface area (Å²) in [7, 11) is 0. The summed E-state index contributed by atoms with van der Waals surface area (Å²) >= 11 is 0. The molecule has 3 nitrogen and oxygen atoms in total. The van der Waals surface area contributed by atoms with Crippen LogP contribution < -0.4 is 5.32 Å². The van der Waals surface area contributed by atoms with Gasteiger partial charge in [0.05, 0.1) is 5.69 Å². The molecule has 0 atom stereocenters. The van der Waals surface area contributed by atoms with Crippen molar-refractivity contribution in [2.75, 3.05) is 11.9 Å². The third kappa shape index (κ3) is 1.78. The lowest BCUT2D eigenvalue weighted by Gasteiger charge is -2.18. The van der Waals surface area contributed by atoms with Gasteiger partial charge in [0, 0.05) is 12.1 Å². The predicted octanol–water partition coefficient (Wildman–Crippen LogP) is 2.67. The van der Waals surface area contributed by atoms with E-state index < -0.39 is 0 Å². The van der Waals surface area contributed by atoms with Crippen LogP contribution in [0.5, 0.6) is 0 Å². The van der Waals surface area contributed by atoms with E-state index in [1.54, 1.807) is 0 Å². The summed E-state index contributed by atoms with van der Waals surface area (Å²) in [5, 5.41) is 11.8. The molecule has 3 rings (SSSR count). The summed E-state index contributed by atoms with van der Waals surface area (Å²) in [5.41, 5.74) is 4.97. The van der Waals surface area contributed by atoms with Gasteiger partial charge in [-0.05, 0) is 37.0 Å². The first-order chi connectivity index (χ1) is 8.38. The van der Waals surface area contributed by atoms with Gasteiger partial charge in [-0.2, -0.15) is 0 Å². The predicted molar refractivity (Wildman–Crippen MR) is 69.0 cm³/mol. The second-order valence-electron chi connectivity index (χ2n) is 4.29. The Morgan fingerprint density at radius 2 is 1.94 bits per heavy atom. The number of rotatable bonds is 2. The maximum Gasteiger partial charge on any atom is 0.148 e. The highest BCUT2D eigenvalue weighted by molar-refractivity contribution is 5.70. The first-order valence-corrected chi connectivity index (χ1v) is 6.07. The van der Waals surface area contributed by atoms with Crippen LogP contribution in [0.1, 0.15) is 18.1 Å². The molecule has 1 aromatic carbocycles. The van der Waals surface area contributed by atoms with E-state index in [4.69, 9.17) is 0 Å². The van der Waals surface area contributed by atoms with Gasteiger partial charge in [0.25, 0.3) is 0 Å². The minimum absolute atomic E-state index is 0.879. The maximum absolute atomic E-state index is 4.37. The van der Waals surface area contributed by atoms with E-state index in [0.717, 1.165) is 30.9 Å². The molecule has 0 aliphatic heterocycles. The van der Waals surface area contributed by atoms with Crippen LogP contribution in [-0.2, 0) is 12.8 Å². The first kappa shape index (κ1) is 10.3. The van der Waals surface area contributed by atoms with E-state index in [-0.39, 0.29) is 0 Å². The molecule has 0 radical (unpaired) electrons. The molecule has 0 saturated carbocycles. The van der Waals surface area contributed by atoms with Crippen LogP contribution in [0.25, 0.3) is 11.3 Å². The van der Waals surface area contributed by atoms with Gasteiger partial charge in [-0.3, -0.25) is 0 Å². The van der Waals surface area contributed by atoms with Crippen LogP contribution in [0.4, 0.5) is 5.82 Å². The molecule has 1 aliphatic rings. The molecule has 0 fully saturated rings. The van der Waals surface area contributed by atoms with Crippen molar-refractivity contribution in [2.24, 2.45) is 0 Å². The number of anilines is 1. The van der Waals surface area contributed by atoms with Gasteiger partial charge in [-0.15, -0.1) is 10.2 Å². The van der Waals surface area contributed by atoms with Gasteiger partial charge in [0.15, 0.2) is 0 Å². The summed E-state index contributed by atoms with van der Waals surface area (Å²) in [6.45, 7) is 2.94. The van der Waals surface area contributed by atoms with Crippen LogP contribution in [0.3, 0.4) is 0 Å². The largest absolute Gasteiger partial charge is 0.369 e. The smallest absolute Gasteiger partial charge is 0.148 e. The van der Waals surface area contributed by atoms with Crippen LogP contribution in [0.15, 0.2) is 30.3 Å². The number of hydrogen-bond acceptors (Lipinski definition) is 3. The van der Waals surface area contributed by atoms with Crippen molar-refractivity contribution in [2.45, 2.75) is 19.8 Å². The Bertz CT molecular complexity index is 549. The van der Waals surface area contributed by atoms with Gasteiger partial charge >= 0.3 is 0 Å². The summed E-state index contributed by atoms with van der Waals surface area (Å²) in [5.74, 6) is 0.880. The average molecular weight is 225 g/mol. The summed E-state index contributed by atoms with van der Waals surface area (Å²) in [6.07, 6.45) is 2.15. The Morgan fingerprint density at radius 3 is 2.82 bits per heavy atom. The Hall–Kier alpha value is -1.90. The van der Waals surface area contributed by atoms with Gasteiger partial charge in [0.1, 0.15) is 5.82 Å². The molecule has 0 bridgehead atoms. The normalized spacial score (nSPS) is 12.8. The molecule has 86 valence electrons. The molecular formula is C14H15N3. The number of aryl methyl sites for hydroxylation is 2. The standard InChI is InChI=1S/C14H15N3/c1-2-15-13-9-11-8-7-10-5-3-4-6-12(10)14(11)17-16-13/h3-6,9H,2,7-8H2,1H3,(H,15,16). The van der Waals surface area contributed by atoms with E-state index in [9.17, 15) is 0 Å². The molecule has 1 N–H and O–H groups in total. The molecule has 1 heterocycles. The Labute approximate surface area is 101 Å². The lowest BCUT2D eigenvalue weighted by atomic mass is 9.89. The number of aromatic nitrogens is 2. The fourth-order valence-corrected chi connectivity index (χ4v) is 2.35. The van der Waals surface area contributed by atoms with Gasteiger partial charge in [-0.1, -0.05) is 24.3 Å². The number of fused-ring (bicyclic) bond motifs is 3. The SMILES string of the molecule is CCNc1cc2c(nn1)-c1ccccc1CC2. The van der Waals surface area contributed by atoms with Crippen molar-refractivity contribution in [1.82, 2.24) is 10.2 Å². The quantitative estimate of drug-likeness (QED) is 0.853. The monoisotopic (exact) mass is 225 g/mol. The highest BCUT2D eigenvalue weighted by Gasteiger charge is 2.17. The zero-order valence-electron chi connectivity index (χ0n) is 9.90. The molecule has 17 heavy (non-hydrogen) atoms. The average Bonchev–Trinajstić information content (AvgIpc) is 2.39. The van der Waals surface area contributed by atoms with Gasteiger partial charge in [0.2, 0.25) is 0 Å². The summed E-state index contributed by atoms with van der Waals surface area (Å²) in [6, 6.07) is 10.6. The molecule has 0 spiro atoms. The topological polar surface area (TPSA) is 37.8 Å². The molecule has 2 aromatic rings. The Kier molecular flexibility index (Phi) is 2.52. The van der Waals surface area contributed by atoms with Crippen LogP contribution in [-0.4, -0.2) is 16.7 Å². The molecule has 1 aromatic heterocycles. The highest BCUT2D eigenvalue weighted by Crippen LogP contribution is 2.31. The number of nitrogens with one attached hydrogen (secondary N) is 1. The van der Waals surface area contributed by atoms with Crippen molar-refractivity contribution in [3.63, 3.8) is 0 Å². The maximum atomic E-state index is 4.37. The van der Waals surface area contributed by atoms with Crippen molar-refractivity contribution in [3.05, 3.63) is 41.5 Å². The third-order valence-corrected chi connectivity index (χ3v) is 3.17. The van der Waals surface area contributed by atoms with Crippen molar-refractivity contribution in [1.29, 1.82) is 0 Å². The minimum atomic E-state index is 0.879. The minimum Gasteiger partial charge on any atom is -0.369 e. The second kappa shape index (κ2) is 4.17. The van der Waals surface area contributed by atoms with Crippen LogP contribution in [0.2, 0.25) is 0 Å². The number of hydrogen-bond donors (Lipinski definition) is 1. The number of benzene rings is 1. The lowest BCUT2D eigenvalue weighted by molar-refractivity contribution is 0.895. The first-order valence-electron chi connectivity index (χ1n) is 6.07. The van der Waals surface area contributed by atoms with E-state index >= 15 is 0 Å². The fourth-order valence-electron chi connectivity index (χ4n) is 2.35. The van der Waals surface area contributed by atoms with Gasteiger partial charge < -0.3 is 5.32 Å². The van der Waals surface area contributed by atoms with Gasteiger partial charge in [-0.25, -0.2) is 0 Å². The Balaban J connectivity index is 2.08. The molecule has 0 unspecified atom stereocenters.